The zero-order valence-corrected chi connectivity index (χ0v) is 12.1. The first-order chi connectivity index (χ1) is 9.90. The van der Waals surface area contributed by atoms with Gasteiger partial charge in [0.1, 0.15) is 17.4 Å². The first-order valence-electron chi connectivity index (χ1n) is 6.17. The predicted octanol–water partition coefficient (Wildman–Crippen LogP) is 2.69. The van der Waals surface area contributed by atoms with Crippen LogP contribution < -0.4 is 0 Å². The van der Waals surface area contributed by atoms with Crippen molar-refractivity contribution in [1.82, 2.24) is 0 Å². The summed E-state index contributed by atoms with van der Waals surface area (Å²) in [5.74, 6) is -0.894. The molecule has 1 N–H and O–H groups in total. The highest BCUT2D eigenvalue weighted by Crippen LogP contribution is 2.19. The molecule has 0 aromatic heterocycles. The van der Waals surface area contributed by atoms with E-state index in [1.54, 1.807) is 25.1 Å². The van der Waals surface area contributed by atoms with Crippen molar-refractivity contribution in [2.45, 2.75) is 11.8 Å². The van der Waals surface area contributed by atoms with Crippen LogP contribution in [0.3, 0.4) is 0 Å². The van der Waals surface area contributed by atoms with E-state index in [9.17, 15) is 17.9 Å². The third-order valence-corrected chi connectivity index (χ3v) is 4.40. The standard InChI is InChI=1S/C15H14FNO3S/c1-11-3-2-4-12(15(11)18)9-17-10-21(19,20)14-7-5-13(16)6-8-14/h2-9,18H,10H2,1H3. The normalized spacial score (nSPS) is 11.9. The van der Waals surface area contributed by atoms with Crippen LogP contribution in [0, 0.1) is 12.7 Å². The van der Waals surface area contributed by atoms with Gasteiger partial charge in [0.05, 0.1) is 4.90 Å². The smallest absolute Gasteiger partial charge is 0.198 e. The third kappa shape index (κ3) is 3.66. The number of hydrogen-bond acceptors (Lipinski definition) is 4. The van der Waals surface area contributed by atoms with Gasteiger partial charge in [0.25, 0.3) is 0 Å². The van der Waals surface area contributed by atoms with Crippen LogP contribution in [0.1, 0.15) is 11.1 Å². The van der Waals surface area contributed by atoms with Gasteiger partial charge in [-0.05, 0) is 42.8 Å². The Bertz CT molecular complexity index is 768. The van der Waals surface area contributed by atoms with Crippen LogP contribution in [0.25, 0.3) is 0 Å². The molecule has 0 fully saturated rings. The molecule has 2 aromatic rings. The van der Waals surface area contributed by atoms with Crippen molar-refractivity contribution in [3.63, 3.8) is 0 Å². The fraction of sp³-hybridized carbons (Fsp3) is 0.133. The van der Waals surface area contributed by atoms with Gasteiger partial charge in [-0.2, -0.15) is 0 Å². The first kappa shape index (κ1) is 15.2. The quantitative estimate of drug-likeness (QED) is 0.697. The van der Waals surface area contributed by atoms with Crippen LogP contribution in [-0.4, -0.2) is 25.6 Å². The summed E-state index contributed by atoms with van der Waals surface area (Å²) >= 11 is 0. The summed E-state index contributed by atoms with van der Waals surface area (Å²) < 4.78 is 36.8. The van der Waals surface area contributed by atoms with E-state index in [0.29, 0.717) is 11.1 Å². The highest BCUT2D eigenvalue weighted by Gasteiger charge is 2.13. The van der Waals surface area contributed by atoms with Crippen molar-refractivity contribution in [3.8, 4) is 5.75 Å². The largest absolute Gasteiger partial charge is 0.507 e. The van der Waals surface area contributed by atoms with Crippen molar-refractivity contribution in [2.75, 3.05) is 5.88 Å². The molecule has 2 aromatic carbocycles. The van der Waals surface area contributed by atoms with Crippen molar-refractivity contribution in [2.24, 2.45) is 4.99 Å². The lowest BCUT2D eigenvalue weighted by atomic mass is 10.1. The molecule has 110 valence electrons. The van der Waals surface area contributed by atoms with Gasteiger partial charge in [-0.3, -0.25) is 4.99 Å². The predicted molar refractivity (Wildman–Crippen MR) is 78.9 cm³/mol. The number of aromatic hydroxyl groups is 1. The van der Waals surface area contributed by atoms with Gasteiger partial charge in [-0.15, -0.1) is 0 Å². The van der Waals surface area contributed by atoms with E-state index in [-0.39, 0.29) is 10.6 Å². The maximum atomic E-state index is 12.8. The Hall–Kier alpha value is -2.21. The molecule has 0 heterocycles. The molecule has 21 heavy (non-hydrogen) atoms. The van der Waals surface area contributed by atoms with Crippen LogP contribution in [0.2, 0.25) is 0 Å². The lowest BCUT2D eigenvalue weighted by Crippen LogP contribution is -2.05. The number of nitrogens with zero attached hydrogens (tertiary/aromatic N) is 1. The minimum absolute atomic E-state index is 0.00881. The monoisotopic (exact) mass is 307 g/mol. The van der Waals surface area contributed by atoms with Gasteiger partial charge < -0.3 is 5.11 Å². The molecule has 0 spiro atoms. The topological polar surface area (TPSA) is 66.7 Å². The summed E-state index contributed by atoms with van der Waals surface area (Å²) in [7, 11) is -3.62. The number of para-hydroxylation sites is 1. The van der Waals surface area contributed by atoms with E-state index < -0.39 is 21.5 Å². The van der Waals surface area contributed by atoms with Gasteiger partial charge >= 0.3 is 0 Å². The Balaban J connectivity index is 2.16. The summed E-state index contributed by atoms with van der Waals surface area (Å²) in [6.07, 6.45) is 1.31. The SMILES string of the molecule is Cc1cccc(C=NCS(=O)(=O)c2ccc(F)cc2)c1O. The van der Waals surface area contributed by atoms with Gasteiger partial charge in [-0.25, -0.2) is 12.8 Å². The second-order valence-electron chi connectivity index (χ2n) is 4.52. The summed E-state index contributed by atoms with van der Waals surface area (Å²) in [5, 5.41) is 9.79. The van der Waals surface area contributed by atoms with Gasteiger partial charge in [0.2, 0.25) is 0 Å². The summed E-state index contributed by atoms with van der Waals surface area (Å²) in [6, 6.07) is 9.68. The molecule has 0 amide bonds. The average Bonchev–Trinajstić information content (AvgIpc) is 2.44. The van der Waals surface area contributed by atoms with Crippen LogP contribution >= 0.6 is 0 Å². The molecule has 6 heteroatoms. The molecule has 0 saturated carbocycles. The molecular formula is C15H14FNO3S. The van der Waals surface area contributed by atoms with E-state index >= 15 is 0 Å². The lowest BCUT2D eigenvalue weighted by Gasteiger charge is -2.03. The molecule has 0 radical (unpaired) electrons. The van der Waals surface area contributed by atoms with Gasteiger partial charge in [0.15, 0.2) is 9.84 Å². The van der Waals surface area contributed by atoms with E-state index in [2.05, 4.69) is 4.99 Å². The number of hydrogen-bond donors (Lipinski definition) is 1. The first-order valence-corrected chi connectivity index (χ1v) is 7.82. The van der Waals surface area contributed by atoms with Crippen LogP contribution in [0.5, 0.6) is 5.75 Å². The zero-order valence-electron chi connectivity index (χ0n) is 11.3. The van der Waals surface area contributed by atoms with E-state index in [1.807, 2.05) is 0 Å². The number of sulfone groups is 1. The maximum Gasteiger partial charge on any atom is 0.198 e. The summed E-state index contributed by atoms with van der Waals surface area (Å²) in [6.45, 7) is 1.74. The van der Waals surface area contributed by atoms with E-state index in [0.717, 1.165) is 12.1 Å². The Morgan fingerprint density at radius 2 is 1.86 bits per heavy atom. The molecule has 2 rings (SSSR count). The molecular weight excluding hydrogens is 293 g/mol. The van der Waals surface area contributed by atoms with Crippen LogP contribution in [0.15, 0.2) is 52.4 Å². The molecule has 0 unspecified atom stereocenters. The lowest BCUT2D eigenvalue weighted by molar-refractivity contribution is 0.470. The summed E-state index contributed by atoms with van der Waals surface area (Å²) in [5.41, 5.74) is 1.13. The molecule has 4 nitrogen and oxygen atoms in total. The number of phenolic OH excluding ortho intramolecular Hbond substituents is 1. The van der Waals surface area contributed by atoms with Gasteiger partial charge in [-0.1, -0.05) is 12.1 Å². The fourth-order valence-electron chi connectivity index (χ4n) is 1.74. The molecule has 0 saturated heterocycles. The Morgan fingerprint density at radius 1 is 1.19 bits per heavy atom. The molecule has 0 aliphatic rings. The highest BCUT2D eigenvalue weighted by atomic mass is 32.2. The Labute approximate surface area is 122 Å². The average molecular weight is 307 g/mol. The number of aliphatic imine (C=N–C) groups is 1. The number of rotatable bonds is 4. The highest BCUT2D eigenvalue weighted by molar-refractivity contribution is 7.91. The van der Waals surface area contributed by atoms with E-state index in [4.69, 9.17) is 0 Å². The number of phenols is 1. The number of aryl methyl sites for hydroxylation is 1. The molecule has 0 atom stereocenters. The third-order valence-electron chi connectivity index (χ3n) is 2.92. The summed E-state index contributed by atoms with van der Waals surface area (Å²) in [4.78, 5) is 3.86. The fourth-order valence-corrected chi connectivity index (χ4v) is 2.71. The molecule has 0 bridgehead atoms. The van der Waals surface area contributed by atoms with Crippen LogP contribution in [-0.2, 0) is 9.84 Å². The van der Waals surface area contributed by atoms with Crippen molar-refractivity contribution < 1.29 is 17.9 Å². The zero-order chi connectivity index (χ0) is 15.5. The maximum absolute atomic E-state index is 12.8. The van der Waals surface area contributed by atoms with Gasteiger partial charge in [0, 0.05) is 11.8 Å². The molecule has 0 aliphatic carbocycles. The Morgan fingerprint density at radius 3 is 2.52 bits per heavy atom. The van der Waals surface area contributed by atoms with Crippen molar-refractivity contribution in [1.29, 1.82) is 0 Å². The van der Waals surface area contributed by atoms with Crippen molar-refractivity contribution in [3.05, 3.63) is 59.4 Å². The minimum Gasteiger partial charge on any atom is -0.507 e. The number of halogens is 1. The number of benzene rings is 2. The van der Waals surface area contributed by atoms with Crippen molar-refractivity contribution >= 4 is 16.1 Å². The second-order valence-corrected chi connectivity index (χ2v) is 6.48. The molecule has 0 aliphatic heterocycles. The Kier molecular flexibility index (Phi) is 4.37. The minimum atomic E-state index is -3.62. The second kappa shape index (κ2) is 6.05. The van der Waals surface area contributed by atoms with Crippen LogP contribution in [0.4, 0.5) is 4.39 Å². The van der Waals surface area contributed by atoms with E-state index in [1.165, 1.54) is 18.3 Å².